The Hall–Kier alpha value is -2.58. The number of rotatable bonds is 5. The SMILES string of the molecule is CC(C)(C)[C@@H]1CCc2c(sc(N=Cc3cc4c(cc3Br)OCO4)c2C(=O)NCc2ccco2)C1. The molecule has 1 aromatic carbocycles. The summed E-state index contributed by atoms with van der Waals surface area (Å²) in [5.41, 5.74) is 2.92. The van der Waals surface area contributed by atoms with E-state index in [-0.39, 0.29) is 18.1 Å². The zero-order chi connectivity index (χ0) is 23.9. The number of hydrogen-bond acceptors (Lipinski definition) is 6. The molecule has 2 aromatic heterocycles. The molecule has 0 unspecified atom stereocenters. The molecule has 1 N–H and O–H groups in total. The second kappa shape index (κ2) is 9.23. The lowest BCUT2D eigenvalue weighted by Crippen LogP contribution is -2.28. The predicted molar refractivity (Wildman–Crippen MR) is 137 cm³/mol. The summed E-state index contributed by atoms with van der Waals surface area (Å²) < 4.78 is 17.2. The minimum absolute atomic E-state index is 0.111. The third-order valence-electron chi connectivity index (χ3n) is 6.51. The van der Waals surface area contributed by atoms with Gasteiger partial charge in [-0.15, -0.1) is 11.3 Å². The first kappa shape index (κ1) is 23.2. The molecule has 1 aliphatic heterocycles. The average molecular weight is 543 g/mol. The Morgan fingerprint density at radius 2 is 2.09 bits per heavy atom. The Morgan fingerprint density at radius 3 is 2.82 bits per heavy atom. The molecule has 6 nitrogen and oxygen atoms in total. The van der Waals surface area contributed by atoms with E-state index in [0.29, 0.717) is 29.5 Å². The molecule has 3 heterocycles. The molecule has 0 bridgehead atoms. The molecule has 3 aromatic rings. The lowest BCUT2D eigenvalue weighted by molar-refractivity contribution is 0.0947. The monoisotopic (exact) mass is 542 g/mol. The van der Waals surface area contributed by atoms with Gasteiger partial charge in [-0.3, -0.25) is 4.79 Å². The van der Waals surface area contributed by atoms with Crippen molar-refractivity contribution in [3.05, 3.63) is 62.3 Å². The maximum Gasteiger partial charge on any atom is 0.255 e. The first-order valence-corrected chi connectivity index (χ1v) is 13.0. The van der Waals surface area contributed by atoms with Crippen LogP contribution in [0.1, 0.15) is 59.3 Å². The molecule has 0 saturated heterocycles. The van der Waals surface area contributed by atoms with Crippen molar-refractivity contribution in [3.63, 3.8) is 0 Å². The van der Waals surface area contributed by atoms with Crippen molar-refractivity contribution in [3.8, 4) is 11.5 Å². The number of nitrogens with one attached hydrogen (secondary N) is 1. The van der Waals surface area contributed by atoms with E-state index in [1.54, 1.807) is 23.8 Å². The van der Waals surface area contributed by atoms with E-state index in [4.69, 9.17) is 18.9 Å². The van der Waals surface area contributed by atoms with Crippen molar-refractivity contribution >= 4 is 44.4 Å². The minimum Gasteiger partial charge on any atom is -0.467 e. The van der Waals surface area contributed by atoms with Crippen molar-refractivity contribution in [1.82, 2.24) is 5.32 Å². The highest BCUT2D eigenvalue weighted by molar-refractivity contribution is 9.10. The Balaban J connectivity index is 1.47. The molecule has 0 spiro atoms. The molecule has 0 saturated carbocycles. The molecule has 178 valence electrons. The number of ether oxygens (including phenoxy) is 2. The molecule has 5 rings (SSSR count). The molecule has 8 heteroatoms. The summed E-state index contributed by atoms with van der Waals surface area (Å²) in [5, 5.41) is 3.75. The van der Waals surface area contributed by atoms with E-state index in [1.807, 2.05) is 24.3 Å². The highest BCUT2D eigenvalue weighted by Crippen LogP contribution is 2.45. The maximum absolute atomic E-state index is 13.3. The van der Waals surface area contributed by atoms with Gasteiger partial charge in [-0.25, -0.2) is 4.99 Å². The van der Waals surface area contributed by atoms with Crippen LogP contribution < -0.4 is 14.8 Å². The number of carbonyl (C=O) groups is 1. The second-order valence-electron chi connectivity index (χ2n) is 9.74. The first-order valence-electron chi connectivity index (χ1n) is 11.4. The molecule has 1 amide bonds. The third kappa shape index (κ3) is 4.66. The van der Waals surface area contributed by atoms with Crippen LogP contribution in [0.2, 0.25) is 0 Å². The lowest BCUT2D eigenvalue weighted by Gasteiger charge is -2.33. The number of halogens is 1. The molecule has 1 atom stereocenters. The van der Waals surface area contributed by atoms with Crippen LogP contribution in [-0.4, -0.2) is 18.9 Å². The van der Waals surface area contributed by atoms with Gasteiger partial charge < -0.3 is 19.2 Å². The van der Waals surface area contributed by atoms with Crippen molar-refractivity contribution in [2.75, 3.05) is 6.79 Å². The normalized spacial score (nSPS) is 17.2. The molecular weight excluding hydrogens is 516 g/mol. The quantitative estimate of drug-likeness (QED) is 0.365. The number of amides is 1. The number of carbonyl (C=O) groups excluding carboxylic acids is 1. The summed E-state index contributed by atoms with van der Waals surface area (Å²) in [6.45, 7) is 7.45. The van der Waals surface area contributed by atoms with Gasteiger partial charge in [-0.05, 0) is 76.4 Å². The topological polar surface area (TPSA) is 73.1 Å². The number of aliphatic imine (C=N–C) groups is 1. The average Bonchev–Trinajstić information content (AvgIpc) is 3.54. The van der Waals surface area contributed by atoms with E-state index in [9.17, 15) is 4.79 Å². The fourth-order valence-corrected chi connectivity index (χ4v) is 6.16. The van der Waals surface area contributed by atoms with Gasteiger partial charge in [0.25, 0.3) is 5.91 Å². The van der Waals surface area contributed by atoms with Gasteiger partial charge >= 0.3 is 0 Å². The Bertz CT molecular complexity index is 1240. The third-order valence-corrected chi connectivity index (χ3v) is 8.36. The smallest absolute Gasteiger partial charge is 0.255 e. The fourth-order valence-electron chi connectivity index (χ4n) is 4.46. The van der Waals surface area contributed by atoms with Crippen LogP contribution >= 0.6 is 27.3 Å². The first-order chi connectivity index (χ1) is 16.3. The van der Waals surface area contributed by atoms with Crippen LogP contribution in [0.25, 0.3) is 0 Å². The van der Waals surface area contributed by atoms with Crippen LogP contribution in [0, 0.1) is 11.3 Å². The second-order valence-corrected chi connectivity index (χ2v) is 11.7. The van der Waals surface area contributed by atoms with E-state index in [2.05, 4.69) is 42.0 Å². The zero-order valence-corrected chi connectivity index (χ0v) is 21.8. The highest BCUT2D eigenvalue weighted by atomic mass is 79.9. The zero-order valence-electron chi connectivity index (χ0n) is 19.4. The summed E-state index contributed by atoms with van der Waals surface area (Å²) in [6, 6.07) is 7.46. The lowest BCUT2D eigenvalue weighted by atomic mass is 9.72. The van der Waals surface area contributed by atoms with Gasteiger partial charge in [0, 0.05) is 21.1 Å². The van der Waals surface area contributed by atoms with Gasteiger partial charge in [0.05, 0.1) is 18.4 Å². The number of nitrogens with zero attached hydrogens (tertiary/aromatic N) is 1. The number of benzene rings is 1. The van der Waals surface area contributed by atoms with Gasteiger partial charge in [-0.1, -0.05) is 20.8 Å². The largest absolute Gasteiger partial charge is 0.467 e. The minimum atomic E-state index is -0.111. The molecule has 34 heavy (non-hydrogen) atoms. The van der Waals surface area contributed by atoms with E-state index in [1.165, 1.54) is 4.88 Å². The van der Waals surface area contributed by atoms with Gasteiger partial charge in [0.15, 0.2) is 11.5 Å². The van der Waals surface area contributed by atoms with Crippen molar-refractivity contribution in [2.24, 2.45) is 16.3 Å². The molecule has 2 aliphatic rings. The molecule has 0 radical (unpaired) electrons. The number of hydrogen-bond donors (Lipinski definition) is 1. The van der Waals surface area contributed by atoms with Crippen LogP contribution in [0.3, 0.4) is 0 Å². The van der Waals surface area contributed by atoms with Crippen LogP contribution in [0.4, 0.5) is 5.00 Å². The number of fused-ring (bicyclic) bond motifs is 2. The summed E-state index contributed by atoms with van der Waals surface area (Å²) in [4.78, 5) is 19.4. The maximum atomic E-state index is 13.3. The Morgan fingerprint density at radius 1 is 1.29 bits per heavy atom. The van der Waals surface area contributed by atoms with Crippen LogP contribution in [0.5, 0.6) is 11.5 Å². The van der Waals surface area contributed by atoms with Gasteiger partial charge in [0.1, 0.15) is 10.8 Å². The van der Waals surface area contributed by atoms with E-state index >= 15 is 0 Å². The highest BCUT2D eigenvalue weighted by Gasteiger charge is 2.33. The summed E-state index contributed by atoms with van der Waals surface area (Å²) in [5.74, 6) is 2.60. The van der Waals surface area contributed by atoms with Gasteiger partial charge in [0.2, 0.25) is 6.79 Å². The van der Waals surface area contributed by atoms with Crippen LogP contribution in [-0.2, 0) is 19.4 Å². The van der Waals surface area contributed by atoms with E-state index in [0.717, 1.165) is 45.6 Å². The van der Waals surface area contributed by atoms with Crippen molar-refractivity contribution < 1.29 is 18.7 Å². The van der Waals surface area contributed by atoms with Crippen molar-refractivity contribution in [2.45, 2.75) is 46.6 Å². The standard InChI is InChI=1S/C26H27BrN2O4S/c1-26(2,3)16-6-7-18-22(10-16)34-25(23(18)24(30)28-13-17-5-4-8-31-17)29-12-15-9-20-21(11-19(15)27)33-14-32-20/h4-5,8-9,11-12,16H,6-7,10,13-14H2,1-3H3,(H,28,30)/t16-/m1/s1. The molecule has 0 fully saturated rings. The molecule has 1 aliphatic carbocycles. The summed E-state index contributed by atoms with van der Waals surface area (Å²) in [6.07, 6.45) is 6.34. The number of thiophene rings is 1. The van der Waals surface area contributed by atoms with Crippen LogP contribution in [0.15, 0.2) is 44.4 Å². The summed E-state index contributed by atoms with van der Waals surface area (Å²) >= 11 is 5.22. The van der Waals surface area contributed by atoms with Crippen molar-refractivity contribution in [1.29, 1.82) is 0 Å². The molecular formula is C26H27BrN2O4S. The number of furan rings is 1. The Kier molecular flexibility index (Phi) is 6.29. The predicted octanol–water partition coefficient (Wildman–Crippen LogP) is 6.66. The fraction of sp³-hybridized carbons (Fsp3) is 0.385. The van der Waals surface area contributed by atoms with Gasteiger partial charge in [-0.2, -0.15) is 0 Å². The van der Waals surface area contributed by atoms with E-state index < -0.39 is 0 Å². The summed E-state index contributed by atoms with van der Waals surface area (Å²) in [7, 11) is 0. The Labute approximate surface area is 211 Å².